The van der Waals surface area contributed by atoms with Gasteiger partial charge in [0.15, 0.2) is 0 Å². The monoisotopic (exact) mass is 260 g/mol. The van der Waals surface area contributed by atoms with Gasteiger partial charge >= 0.3 is 0 Å². The Morgan fingerprint density at radius 1 is 1.32 bits per heavy atom. The lowest BCUT2D eigenvalue weighted by atomic mass is 10.0. The zero-order chi connectivity index (χ0) is 13.8. The molecule has 2 heteroatoms. The van der Waals surface area contributed by atoms with Crippen LogP contribution in [0.15, 0.2) is 24.3 Å². The summed E-state index contributed by atoms with van der Waals surface area (Å²) in [5.74, 6) is 0.842. The number of hydrogen-bond acceptors (Lipinski definition) is 2. The Balaban J connectivity index is 2.10. The van der Waals surface area contributed by atoms with E-state index in [-0.39, 0.29) is 0 Å². The highest BCUT2D eigenvalue weighted by Gasteiger charge is 2.28. The van der Waals surface area contributed by atoms with Crippen molar-refractivity contribution in [1.82, 2.24) is 10.2 Å². The molecule has 1 aromatic carbocycles. The van der Waals surface area contributed by atoms with Crippen LogP contribution in [0.5, 0.6) is 0 Å². The molecule has 19 heavy (non-hydrogen) atoms. The van der Waals surface area contributed by atoms with Crippen molar-refractivity contribution in [2.75, 3.05) is 19.6 Å². The van der Waals surface area contributed by atoms with E-state index in [1.807, 2.05) is 0 Å². The van der Waals surface area contributed by atoms with Gasteiger partial charge in [-0.05, 0) is 43.9 Å². The maximum absolute atomic E-state index is 3.66. The van der Waals surface area contributed by atoms with Gasteiger partial charge in [0.1, 0.15) is 0 Å². The van der Waals surface area contributed by atoms with Gasteiger partial charge in [-0.1, -0.05) is 38.1 Å². The van der Waals surface area contributed by atoms with Crippen molar-refractivity contribution >= 4 is 0 Å². The predicted molar refractivity (Wildman–Crippen MR) is 82.4 cm³/mol. The molecule has 2 rings (SSSR count). The van der Waals surface area contributed by atoms with E-state index in [0.717, 1.165) is 25.0 Å². The second-order valence-corrected chi connectivity index (χ2v) is 6.11. The molecule has 0 radical (unpaired) electrons. The fourth-order valence-corrected chi connectivity index (χ4v) is 3.37. The average Bonchev–Trinajstić information content (AvgIpc) is 2.68. The molecule has 1 N–H and O–H groups in total. The topological polar surface area (TPSA) is 15.3 Å². The van der Waals surface area contributed by atoms with Crippen LogP contribution in [0.3, 0.4) is 0 Å². The molecule has 0 aliphatic carbocycles. The van der Waals surface area contributed by atoms with Gasteiger partial charge in [0.2, 0.25) is 0 Å². The number of likely N-dealkylation sites (tertiary alicyclic amines) is 1. The van der Waals surface area contributed by atoms with Gasteiger partial charge in [0.05, 0.1) is 0 Å². The van der Waals surface area contributed by atoms with E-state index in [2.05, 4.69) is 62.2 Å². The number of hydrogen-bond donors (Lipinski definition) is 1. The molecule has 106 valence electrons. The molecule has 1 aliphatic rings. The highest BCUT2D eigenvalue weighted by Crippen LogP contribution is 2.26. The van der Waals surface area contributed by atoms with Crippen molar-refractivity contribution in [3.8, 4) is 0 Å². The fraction of sp³-hybridized carbons (Fsp3) is 0.647. The van der Waals surface area contributed by atoms with Gasteiger partial charge < -0.3 is 5.32 Å². The second-order valence-electron chi connectivity index (χ2n) is 6.11. The summed E-state index contributed by atoms with van der Waals surface area (Å²) in [5, 5.41) is 3.66. The standard InChI is InChI=1S/C17H28N2/c1-5-18-17(16-9-7-6-8-14(16)3)12-19-11-13(2)10-15(19)4/h6-9,13,15,17-18H,5,10-12H2,1-4H3. The Hall–Kier alpha value is -0.860. The van der Waals surface area contributed by atoms with E-state index in [0.29, 0.717) is 6.04 Å². The van der Waals surface area contributed by atoms with Crippen molar-refractivity contribution in [1.29, 1.82) is 0 Å². The molecule has 1 aromatic rings. The first-order chi connectivity index (χ1) is 9.11. The molecule has 3 atom stereocenters. The van der Waals surface area contributed by atoms with Crippen molar-refractivity contribution in [2.45, 2.75) is 46.2 Å². The van der Waals surface area contributed by atoms with Crippen LogP contribution in [0.25, 0.3) is 0 Å². The maximum atomic E-state index is 3.66. The van der Waals surface area contributed by atoms with Crippen molar-refractivity contribution in [3.63, 3.8) is 0 Å². The molecular weight excluding hydrogens is 232 g/mol. The third-order valence-corrected chi connectivity index (χ3v) is 4.34. The van der Waals surface area contributed by atoms with Crippen LogP contribution in [0.4, 0.5) is 0 Å². The lowest BCUT2D eigenvalue weighted by molar-refractivity contribution is 0.235. The number of nitrogens with zero attached hydrogens (tertiary/aromatic N) is 1. The lowest BCUT2D eigenvalue weighted by Crippen LogP contribution is -2.37. The van der Waals surface area contributed by atoms with E-state index in [1.54, 1.807) is 0 Å². The van der Waals surface area contributed by atoms with Gasteiger partial charge in [0.25, 0.3) is 0 Å². The van der Waals surface area contributed by atoms with E-state index >= 15 is 0 Å². The average molecular weight is 260 g/mol. The first-order valence-electron chi connectivity index (χ1n) is 7.64. The van der Waals surface area contributed by atoms with Gasteiger partial charge in [-0.3, -0.25) is 4.90 Å². The first kappa shape index (κ1) is 14.5. The Bertz CT molecular complexity index is 402. The summed E-state index contributed by atoms with van der Waals surface area (Å²) in [6, 6.07) is 9.95. The quantitative estimate of drug-likeness (QED) is 0.873. The Labute approximate surface area is 118 Å². The molecule has 0 spiro atoms. The number of likely N-dealkylation sites (N-methyl/N-ethyl adjacent to an activating group) is 1. The minimum absolute atomic E-state index is 0.457. The van der Waals surface area contributed by atoms with Crippen LogP contribution in [-0.4, -0.2) is 30.6 Å². The largest absolute Gasteiger partial charge is 0.309 e. The summed E-state index contributed by atoms with van der Waals surface area (Å²) in [6.45, 7) is 12.5. The van der Waals surface area contributed by atoms with Gasteiger partial charge in [-0.25, -0.2) is 0 Å². The Morgan fingerprint density at radius 3 is 2.63 bits per heavy atom. The first-order valence-corrected chi connectivity index (χ1v) is 7.64. The highest BCUT2D eigenvalue weighted by atomic mass is 15.2. The zero-order valence-electron chi connectivity index (χ0n) is 12.8. The second kappa shape index (κ2) is 6.53. The minimum atomic E-state index is 0.457. The SMILES string of the molecule is CCNC(CN1CC(C)CC1C)c1ccccc1C. The normalized spacial score (nSPS) is 25.7. The fourth-order valence-electron chi connectivity index (χ4n) is 3.37. The Kier molecular flexibility index (Phi) is 5.00. The number of aryl methyl sites for hydroxylation is 1. The van der Waals surface area contributed by atoms with E-state index in [1.165, 1.54) is 24.1 Å². The van der Waals surface area contributed by atoms with Crippen LogP contribution in [0, 0.1) is 12.8 Å². The van der Waals surface area contributed by atoms with Crippen molar-refractivity contribution in [2.24, 2.45) is 5.92 Å². The molecule has 0 saturated carbocycles. The lowest BCUT2D eigenvalue weighted by Gasteiger charge is -2.28. The summed E-state index contributed by atoms with van der Waals surface area (Å²) < 4.78 is 0. The van der Waals surface area contributed by atoms with Gasteiger partial charge in [-0.15, -0.1) is 0 Å². The summed E-state index contributed by atoms with van der Waals surface area (Å²) >= 11 is 0. The maximum Gasteiger partial charge on any atom is 0.0451 e. The summed E-state index contributed by atoms with van der Waals surface area (Å²) in [5.41, 5.74) is 2.85. The van der Waals surface area contributed by atoms with Gasteiger partial charge in [-0.2, -0.15) is 0 Å². The van der Waals surface area contributed by atoms with Crippen LogP contribution in [-0.2, 0) is 0 Å². The minimum Gasteiger partial charge on any atom is -0.309 e. The van der Waals surface area contributed by atoms with Crippen LogP contribution >= 0.6 is 0 Å². The summed E-state index contributed by atoms with van der Waals surface area (Å²) in [6.07, 6.45) is 1.34. The van der Waals surface area contributed by atoms with Crippen LogP contribution < -0.4 is 5.32 Å². The zero-order valence-corrected chi connectivity index (χ0v) is 12.8. The number of rotatable bonds is 5. The molecule has 0 aromatic heterocycles. The summed E-state index contributed by atoms with van der Waals surface area (Å²) in [7, 11) is 0. The molecule has 1 fully saturated rings. The molecule has 1 aliphatic heterocycles. The number of nitrogens with one attached hydrogen (secondary N) is 1. The summed E-state index contributed by atoms with van der Waals surface area (Å²) in [4.78, 5) is 2.64. The molecule has 3 unspecified atom stereocenters. The molecule has 0 amide bonds. The molecule has 1 saturated heterocycles. The smallest absolute Gasteiger partial charge is 0.0451 e. The molecule has 1 heterocycles. The Morgan fingerprint density at radius 2 is 2.05 bits per heavy atom. The number of benzene rings is 1. The molecular formula is C17H28N2. The molecule has 0 bridgehead atoms. The van der Waals surface area contributed by atoms with Gasteiger partial charge in [0, 0.05) is 25.2 Å². The predicted octanol–water partition coefficient (Wildman–Crippen LogP) is 3.38. The van der Waals surface area contributed by atoms with E-state index < -0.39 is 0 Å². The third kappa shape index (κ3) is 3.58. The highest BCUT2D eigenvalue weighted by molar-refractivity contribution is 5.29. The molecule has 2 nitrogen and oxygen atoms in total. The van der Waals surface area contributed by atoms with E-state index in [4.69, 9.17) is 0 Å². The third-order valence-electron chi connectivity index (χ3n) is 4.34. The van der Waals surface area contributed by atoms with Crippen LogP contribution in [0.1, 0.15) is 44.4 Å². The van der Waals surface area contributed by atoms with Crippen molar-refractivity contribution < 1.29 is 0 Å². The van der Waals surface area contributed by atoms with E-state index in [9.17, 15) is 0 Å². The van der Waals surface area contributed by atoms with Crippen molar-refractivity contribution in [3.05, 3.63) is 35.4 Å². The van der Waals surface area contributed by atoms with Crippen LogP contribution in [0.2, 0.25) is 0 Å².